The van der Waals surface area contributed by atoms with E-state index in [2.05, 4.69) is 11.9 Å². The number of sulfonamides is 1. The predicted molar refractivity (Wildman–Crippen MR) is 133 cm³/mol. The molecule has 0 saturated heterocycles. The van der Waals surface area contributed by atoms with Gasteiger partial charge >= 0.3 is 5.97 Å². The molecule has 1 amide bonds. The summed E-state index contributed by atoms with van der Waals surface area (Å²) in [5, 5.41) is 2.56. The second-order valence-corrected chi connectivity index (χ2v) is 9.31. The molecule has 0 saturated carbocycles. The number of ether oxygens (including phenoxy) is 1. The molecule has 0 spiro atoms. The number of carbonyl (C=O) groups excluding carboxylic acids is 3. The van der Waals surface area contributed by atoms with E-state index in [0.29, 0.717) is 16.9 Å². The zero-order chi connectivity index (χ0) is 25.4. The molecule has 0 atom stereocenters. The topological polar surface area (TPSA) is 110 Å². The van der Waals surface area contributed by atoms with Gasteiger partial charge in [0.05, 0.1) is 22.7 Å². The summed E-state index contributed by atoms with van der Waals surface area (Å²) in [5.41, 5.74) is 1.38. The Morgan fingerprint density at radius 1 is 0.943 bits per heavy atom. The Labute approximate surface area is 203 Å². The summed E-state index contributed by atoms with van der Waals surface area (Å²) in [5.74, 6) is -1.53. The van der Waals surface area contributed by atoms with E-state index in [1.807, 2.05) is 0 Å². The van der Waals surface area contributed by atoms with Crippen LogP contribution in [0.1, 0.15) is 27.6 Å². The normalized spacial score (nSPS) is 10.8. The van der Waals surface area contributed by atoms with Gasteiger partial charge in [0.25, 0.3) is 15.9 Å². The van der Waals surface area contributed by atoms with Crippen LogP contribution in [0.5, 0.6) is 0 Å². The summed E-state index contributed by atoms with van der Waals surface area (Å²) in [7, 11) is -4.00. The minimum absolute atomic E-state index is 0.0173. The molecule has 0 radical (unpaired) electrons. The van der Waals surface area contributed by atoms with Crippen LogP contribution in [0, 0.1) is 0 Å². The Morgan fingerprint density at radius 3 is 2.26 bits per heavy atom. The maximum Gasteiger partial charge on any atom is 0.338 e. The molecule has 3 aromatic rings. The summed E-state index contributed by atoms with van der Waals surface area (Å²) < 4.78 is 32.8. The predicted octanol–water partition coefficient (Wildman–Crippen LogP) is 4.07. The van der Waals surface area contributed by atoms with E-state index in [-0.39, 0.29) is 22.8 Å². The molecule has 8 nitrogen and oxygen atoms in total. The third-order valence-electron chi connectivity index (χ3n) is 4.91. The van der Waals surface area contributed by atoms with Crippen LogP contribution in [0.4, 0.5) is 11.4 Å². The third-order valence-corrected chi connectivity index (χ3v) is 6.70. The van der Waals surface area contributed by atoms with E-state index in [0.717, 1.165) is 0 Å². The highest BCUT2D eigenvalue weighted by Crippen LogP contribution is 2.24. The van der Waals surface area contributed by atoms with Crippen molar-refractivity contribution in [1.29, 1.82) is 0 Å². The molecular formula is C26H24N2O6S. The van der Waals surface area contributed by atoms with E-state index in [9.17, 15) is 22.8 Å². The number of para-hydroxylation sites is 1. The molecule has 3 rings (SSSR count). The number of hydrogen-bond donors (Lipinski definition) is 1. The summed E-state index contributed by atoms with van der Waals surface area (Å²) in [6.45, 7) is 4.53. The van der Waals surface area contributed by atoms with Gasteiger partial charge in [0.1, 0.15) is 0 Å². The maximum absolute atomic E-state index is 13.3. The SMILES string of the molecule is C=CCN(c1ccccc1)S(=O)(=O)c1cccc(C(=O)OCC(=O)Nc2ccc(C(C)=O)cc2)c1. The maximum atomic E-state index is 13.3. The van der Waals surface area contributed by atoms with E-state index >= 15 is 0 Å². The van der Waals surface area contributed by atoms with Crippen LogP contribution < -0.4 is 9.62 Å². The van der Waals surface area contributed by atoms with Crippen LogP contribution in [0.15, 0.2) is 96.4 Å². The smallest absolute Gasteiger partial charge is 0.338 e. The molecule has 3 aromatic carbocycles. The Morgan fingerprint density at radius 2 is 1.63 bits per heavy atom. The van der Waals surface area contributed by atoms with Crippen LogP contribution in [0.25, 0.3) is 0 Å². The van der Waals surface area contributed by atoms with Crippen molar-refractivity contribution in [3.63, 3.8) is 0 Å². The van der Waals surface area contributed by atoms with Crippen molar-refractivity contribution in [3.05, 3.63) is 103 Å². The largest absolute Gasteiger partial charge is 0.452 e. The second kappa shape index (κ2) is 11.3. The van der Waals surface area contributed by atoms with Gasteiger partial charge in [-0.15, -0.1) is 6.58 Å². The van der Waals surface area contributed by atoms with E-state index in [1.165, 1.54) is 41.6 Å². The molecule has 35 heavy (non-hydrogen) atoms. The average molecular weight is 493 g/mol. The summed E-state index contributed by atoms with van der Waals surface area (Å²) in [6.07, 6.45) is 1.47. The standard InChI is InChI=1S/C26H24N2O6S/c1-3-16-28(23-9-5-4-6-10-23)35(32,33)24-11-7-8-21(17-24)26(31)34-18-25(30)27-22-14-12-20(13-15-22)19(2)29/h3-15,17H,1,16,18H2,2H3,(H,27,30). The van der Waals surface area contributed by atoms with Gasteiger partial charge in [0.2, 0.25) is 0 Å². The van der Waals surface area contributed by atoms with Gasteiger partial charge in [-0.1, -0.05) is 30.3 Å². The van der Waals surface area contributed by atoms with Crippen LogP contribution in [0.2, 0.25) is 0 Å². The average Bonchev–Trinajstić information content (AvgIpc) is 2.86. The molecule has 0 heterocycles. The highest BCUT2D eigenvalue weighted by molar-refractivity contribution is 7.92. The minimum atomic E-state index is -4.00. The van der Waals surface area contributed by atoms with Gasteiger partial charge < -0.3 is 10.1 Å². The van der Waals surface area contributed by atoms with Crippen molar-refractivity contribution in [1.82, 2.24) is 0 Å². The first-order valence-electron chi connectivity index (χ1n) is 10.6. The lowest BCUT2D eigenvalue weighted by atomic mass is 10.1. The number of benzene rings is 3. The quantitative estimate of drug-likeness (QED) is 0.260. The number of hydrogen-bond acceptors (Lipinski definition) is 6. The fraction of sp³-hybridized carbons (Fsp3) is 0.115. The number of amides is 1. The lowest BCUT2D eigenvalue weighted by Gasteiger charge is -2.23. The van der Waals surface area contributed by atoms with Crippen LogP contribution in [-0.2, 0) is 19.6 Å². The van der Waals surface area contributed by atoms with E-state index in [1.54, 1.807) is 54.6 Å². The Balaban J connectivity index is 1.69. The van der Waals surface area contributed by atoms with E-state index in [4.69, 9.17) is 4.74 Å². The molecule has 0 fully saturated rings. The second-order valence-electron chi connectivity index (χ2n) is 7.45. The Kier molecular flexibility index (Phi) is 8.17. The van der Waals surface area contributed by atoms with Crippen molar-refractivity contribution in [2.75, 3.05) is 22.8 Å². The van der Waals surface area contributed by atoms with Gasteiger partial charge in [0, 0.05) is 11.3 Å². The molecule has 9 heteroatoms. The molecule has 0 aromatic heterocycles. The number of nitrogens with one attached hydrogen (secondary N) is 1. The fourth-order valence-corrected chi connectivity index (χ4v) is 4.65. The highest BCUT2D eigenvalue weighted by Gasteiger charge is 2.25. The number of rotatable bonds is 10. The Bertz CT molecular complexity index is 1340. The van der Waals surface area contributed by atoms with Crippen molar-refractivity contribution < 1.29 is 27.5 Å². The van der Waals surface area contributed by atoms with Gasteiger partial charge in [-0.05, 0) is 61.5 Å². The van der Waals surface area contributed by atoms with Gasteiger partial charge in [-0.25, -0.2) is 13.2 Å². The van der Waals surface area contributed by atoms with Crippen molar-refractivity contribution >= 4 is 39.1 Å². The molecule has 0 aliphatic heterocycles. The first-order chi connectivity index (χ1) is 16.7. The lowest BCUT2D eigenvalue weighted by molar-refractivity contribution is -0.119. The number of Topliss-reactive ketones (excluding diaryl/α,β-unsaturated/α-hetero) is 1. The number of carbonyl (C=O) groups is 3. The molecule has 1 N–H and O–H groups in total. The van der Waals surface area contributed by atoms with Crippen molar-refractivity contribution in [3.8, 4) is 0 Å². The van der Waals surface area contributed by atoms with Gasteiger partial charge in [-0.3, -0.25) is 13.9 Å². The van der Waals surface area contributed by atoms with Gasteiger partial charge in [0.15, 0.2) is 12.4 Å². The Hall–Kier alpha value is -4.24. The summed E-state index contributed by atoms with van der Waals surface area (Å²) >= 11 is 0. The highest BCUT2D eigenvalue weighted by atomic mass is 32.2. The van der Waals surface area contributed by atoms with Crippen molar-refractivity contribution in [2.24, 2.45) is 0 Å². The number of nitrogens with zero attached hydrogens (tertiary/aromatic N) is 1. The van der Waals surface area contributed by atoms with Crippen LogP contribution in [-0.4, -0.2) is 39.2 Å². The third kappa shape index (κ3) is 6.42. The monoisotopic (exact) mass is 492 g/mol. The zero-order valence-electron chi connectivity index (χ0n) is 19.0. The summed E-state index contributed by atoms with van der Waals surface area (Å²) in [4.78, 5) is 35.9. The fourth-order valence-electron chi connectivity index (χ4n) is 3.16. The molecule has 0 aliphatic rings. The first-order valence-corrected chi connectivity index (χ1v) is 12.0. The molecule has 0 bridgehead atoms. The molecule has 180 valence electrons. The number of ketones is 1. The minimum Gasteiger partial charge on any atom is -0.452 e. The first kappa shape index (κ1) is 25.4. The lowest BCUT2D eigenvalue weighted by Crippen LogP contribution is -2.31. The molecular weight excluding hydrogens is 468 g/mol. The van der Waals surface area contributed by atoms with Crippen LogP contribution >= 0.6 is 0 Å². The number of esters is 1. The van der Waals surface area contributed by atoms with E-state index < -0.39 is 28.5 Å². The number of anilines is 2. The van der Waals surface area contributed by atoms with Crippen LogP contribution in [0.3, 0.4) is 0 Å². The zero-order valence-corrected chi connectivity index (χ0v) is 19.8. The molecule has 0 unspecified atom stereocenters. The summed E-state index contributed by atoms with van der Waals surface area (Å²) in [6, 6.07) is 20.2. The molecule has 0 aliphatic carbocycles. The van der Waals surface area contributed by atoms with Crippen molar-refractivity contribution in [2.45, 2.75) is 11.8 Å². The van der Waals surface area contributed by atoms with Gasteiger partial charge in [-0.2, -0.15) is 0 Å².